The van der Waals surface area contributed by atoms with Crippen LogP contribution in [0.5, 0.6) is 11.5 Å². The van der Waals surface area contributed by atoms with Gasteiger partial charge in [-0.2, -0.15) is 0 Å². The smallest absolute Gasteiger partial charge is 0.281 e. The fourth-order valence-corrected chi connectivity index (χ4v) is 2.33. The molecule has 148 valence electrons. The van der Waals surface area contributed by atoms with Crippen molar-refractivity contribution in [1.29, 1.82) is 0 Å². The van der Waals surface area contributed by atoms with Crippen LogP contribution >= 0.6 is 0 Å². The third-order valence-electron chi connectivity index (χ3n) is 3.93. The van der Waals surface area contributed by atoms with E-state index in [4.69, 9.17) is 15.3 Å². The summed E-state index contributed by atoms with van der Waals surface area (Å²) in [6.07, 6.45) is 3.55. The SMILES string of the molecule is CCCCOc1ccc(C(=O)NC(=Cc2ccc(OC)cc2)C(=O)NN)cc1. The lowest BCUT2D eigenvalue weighted by Crippen LogP contribution is -2.38. The molecule has 0 aromatic heterocycles. The third-order valence-corrected chi connectivity index (χ3v) is 3.93. The second-order valence-electron chi connectivity index (χ2n) is 5.99. The summed E-state index contributed by atoms with van der Waals surface area (Å²) < 4.78 is 10.7. The maximum atomic E-state index is 12.5. The van der Waals surface area contributed by atoms with E-state index in [0.29, 0.717) is 29.2 Å². The number of rotatable bonds is 9. The van der Waals surface area contributed by atoms with Crippen LogP contribution in [-0.2, 0) is 4.79 Å². The first-order chi connectivity index (χ1) is 13.6. The van der Waals surface area contributed by atoms with Gasteiger partial charge in [0.1, 0.15) is 17.2 Å². The summed E-state index contributed by atoms with van der Waals surface area (Å²) in [7, 11) is 1.57. The summed E-state index contributed by atoms with van der Waals surface area (Å²) in [5.74, 6) is 5.58. The predicted octanol–water partition coefficient (Wildman–Crippen LogP) is 2.63. The number of hydrogen-bond acceptors (Lipinski definition) is 5. The van der Waals surface area contributed by atoms with E-state index in [1.165, 1.54) is 6.08 Å². The van der Waals surface area contributed by atoms with Crippen LogP contribution in [0.2, 0.25) is 0 Å². The molecule has 2 aromatic carbocycles. The molecule has 0 aliphatic carbocycles. The van der Waals surface area contributed by atoms with E-state index in [0.717, 1.165) is 12.8 Å². The summed E-state index contributed by atoms with van der Waals surface area (Å²) in [5, 5.41) is 2.59. The molecule has 0 fully saturated rings. The van der Waals surface area contributed by atoms with Crippen LogP contribution < -0.4 is 26.1 Å². The molecule has 0 aliphatic rings. The van der Waals surface area contributed by atoms with Gasteiger partial charge in [-0.3, -0.25) is 15.0 Å². The number of hydrogen-bond donors (Lipinski definition) is 3. The second-order valence-corrected chi connectivity index (χ2v) is 5.99. The van der Waals surface area contributed by atoms with Crippen molar-refractivity contribution >= 4 is 17.9 Å². The molecule has 0 bridgehead atoms. The Labute approximate surface area is 164 Å². The maximum absolute atomic E-state index is 12.5. The van der Waals surface area contributed by atoms with Crippen LogP contribution in [0.15, 0.2) is 54.2 Å². The van der Waals surface area contributed by atoms with Gasteiger partial charge in [-0.1, -0.05) is 25.5 Å². The molecule has 2 rings (SSSR count). The summed E-state index contributed by atoms with van der Waals surface area (Å²) in [5.41, 5.74) is 3.17. The van der Waals surface area contributed by atoms with Crippen LogP contribution in [0.25, 0.3) is 6.08 Å². The topological polar surface area (TPSA) is 103 Å². The zero-order valence-electron chi connectivity index (χ0n) is 16.0. The fourth-order valence-electron chi connectivity index (χ4n) is 2.33. The molecule has 4 N–H and O–H groups in total. The van der Waals surface area contributed by atoms with E-state index in [-0.39, 0.29) is 5.70 Å². The van der Waals surface area contributed by atoms with Crippen molar-refractivity contribution in [2.75, 3.05) is 13.7 Å². The van der Waals surface area contributed by atoms with E-state index in [9.17, 15) is 9.59 Å². The molecule has 0 saturated carbocycles. The first kappa shape index (κ1) is 21.0. The van der Waals surface area contributed by atoms with Crippen molar-refractivity contribution in [2.45, 2.75) is 19.8 Å². The van der Waals surface area contributed by atoms with Crippen LogP contribution in [0.1, 0.15) is 35.7 Å². The van der Waals surface area contributed by atoms with Crippen molar-refractivity contribution in [3.05, 3.63) is 65.4 Å². The largest absolute Gasteiger partial charge is 0.497 e. The fraction of sp³-hybridized carbons (Fsp3) is 0.238. The van der Waals surface area contributed by atoms with Crippen molar-refractivity contribution in [3.63, 3.8) is 0 Å². The minimum Gasteiger partial charge on any atom is -0.497 e. The number of carbonyl (C=O) groups excluding carboxylic acids is 2. The summed E-state index contributed by atoms with van der Waals surface area (Å²) >= 11 is 0. The summed E-state index contributed by atoms with van der Waals surface area (Å²) in [6, 6.07) is 13.8. The Morgan fingerprint density at radius 2 is 1.68 bits per heavy atom. The molecule has 0 aliphatic heterocycles. The predicted molar refractivity (Wildman–Crippen MR) is 108 cm³/mol. The van der Waals surface area contributed by atoms with Gasteiger partial charge >= 0.3 is 0 Å². The molecule has 0 atom stereocenters. The molecular weight excluding hydrogens is 358 g/mol. The highest BCUT2D eigenvalue weighted by molar-refractivity contribution is 6.05. The van der Waals surface area contributed by atoms with E-state index in [1.807, 2.05) is 5.43 Å². The summed E-state index contributed by atoms with van der Waals surface area (Å²) in [6.45, 7) is 2.72. The lowest BCUT2D eigenvalue weighted by Gasteiger charge is -2.10. The van der Waals surface area contributed by atoms with Gasteiger partial charge in [0.05, 0.1) is 13.7 Å². The molecule has 0 unspecified atom stereocenters. The van der Waals surface area contributed by atoms with Crippen LogP contribution in [0, 0.1) is 0 Å². The van der Waals surface area contributed by atoms with Crippen molar-refractivity contribution < 1.29 is 19.1 Å². The Kier molecular flexibility index (Phi) is 8.05. The molecule has 0 heterocycles. The monoisotopic (exact) mass is 383 g/mol. The zero-order valence-corrected chi connectivity index (χ0v) is 16.0. The number of nitrogens with one attached hydrogen (secondary N) is 2. The number of carbonyl (C=O) groups is 2. The Morgan fingerprint density at radius 1 is 1.04 bits per heavy atom. The maximum Gasteiger partial charge on any atom is 0.281 e. The van der Waals surface area contributed by atoms with Gasteiger partial charge in [0.25, 0.3) is 11.8 Å². The van der Waals surface area contributed by atoms with Gasteiger partial charge in [0, 0.05) is 5.56 Å². The number of benzene rings is 2. The Balaban J connectivity index is 2.11. The lowest BCUT2D eigenvalue weighted by molar-refractivity contribution is -0.117. The first-order valence-corrected chi connectivity index (χ1v) is 8.98. The quantitative estimate of drug-likeness (QED) is 0.203. The number of unbranched alkanes of at least 4 members (excludes halogenated alkanes) is 1. The lowest BCUT2D eigenvalue weighted by atomic mass is 10.1. The minimum absolute atomic E-state index is 0.0286. The van der Waals surface area contributed by atoms with Gasteiger partial charge in [0.15, 0.2) is 0 Å². The van der Waals surface area contributed by atoms with E-state index in [1.54, 1.807) is 55.6 Å². The Bertz CT molecular complexity index is 815. The second kappa shape index (κ2) is 10.7. The van der Waals surface area contributed by atoms with Gasteiger partial charge in [-0.25, -0.2) is 5.84 Å². The molecule has 0 radical (unpaired) electrons. The molecule has 7 nitrogen and oxygen atoms in total. The number of nitrogens with two attached hydrogens (primary N) is 1. The number of methoxy groups -OCH3 is 1. The van der Waals surface area contributed by atoms with E-state index < -0.39 is 11.8 Å². The Hall–Kier alpha value is -3.32. The Morgan fingerprint density at radius 3 is 2.25 bits per heavy atom. The molecular formula is C21H25N3O4. The molecule has 2 aromatic rings. The normalized spacial score (nSPS) is 10.9. The minimum atomic E-state index is -0.608. The molecule has 2 amide bonds. The third kappa shape index (κ3) is 6.14. The highest BCUT2D eigenvalue weighted by Gasteiger charge is 2.14. The van der Waals surface area contributed by atoms with Gasteiger partial charge in [0.2, 0.25) is 0 Å². The molecule has 7 heteroatoms. The number of ether oxygens (including phenoxy) is 2. The van der Waals surface area contributed by atoms with E-state index >= 15 is 0 Å². The standard InChI is InChI=1S/C21H25N3O4/c1-3-4-13-28-18-11-7-16(8-12-18)20(25)23-19(21(26)24-22)14-15-5-9-17(27-2)10-6-15/h5-12,14H,3-4,13,22H2,1-2H3,(H,23,25)(H,24,26). The average Bonchev–Trinajstić information content (AvgIpc) is 2.73. The van der Waals surface area contributed by atoms with Crippen LogP contribution in [0.3, 0.4) is 0 Å². The van der Waals surface area contributed by atoms with Crippen molar-refractivity contribution in [3.8, 4) is 11.5 Å². The summed E-state index contributed by atoms with van der Waals surface area (Å²) in [4.78, 5) is 24.5. The first-order valence-electron chi connectivity index (χ1n) is 8.98. The zero-order chi connectivity index (χ0) is 20.4. The van der Waals surface area contributed by atoms with Gasteiger partial charge in [-0.15, -0.1) is 0 Å². The van der Waals surface area contributed by atoms with Gasteiger partial charge < -0.3 is 14.8 Å². The number of hydrazine groups is 1. The van der Waals surface area contributed by atoms with E-state index in [2.05, 4.69) is 12.2 Å². The number of amides is 2. The highest BCUT2D eigenvalue weighted by atomic mass is 16.5. The molecule has 0 spiro atoms. The highest BCUT2D eigenvalue weighted by Crippen LogP contribution is 2.15. The van der Waals surface area contributed by atoms with Crippen molar-refractivity contribution in [1.82, 2.24) is 10.7 Å². The molecule has 0 saturated heterocycles. The van der Waals surface area contributed by atoms with Crippen LogP contribution in [-0.4, -0.2) is 25.5 Å². The van der Waals surface area contributed by atoms with Crippen molar-refractivity contribution in [2.24, 2.45) is 5.84 Å². The van der Waals surface area contributed by atoms with Gasteiger partial charge in [-0.05, 0) is 54.5 Å². The average molecular weight is 383 g/mol. The van der Waals surface area contributed by atoms with Crippen LogP contribution in [0.4, 0.5) is 0 Å². The molecule has 28 heavy (non-hydrogen) atoms.